The molecule has 24 heavy (non-hydrogen) atoms. The average molecular weight is 354 g/mol. The summed E-state index contributed by atoms with van der Waals surface area (Å²) in [4.78, 5) is 26.9. The third-order valence-corrected chi connectivity index (χ3v) is 4.99. The fraction of sp³-hybridized carbons (Fsp3) is 0.556. The fourth-order valence-electron chi connectivity index (χ4n) is 3.05. The van der Waals surface area contributed by atoms with Crippen molar-refractivity contribution in [2.24, 2.45) is 11.1 Å². The Kier molecular flexibility index (Phi) is 7.70. The Bertz CT molecular complexity index is 559. The van der Waals surface area contributed by atoms with Gasteiger partial charge in [0.1, 0.15) is 0 Å². The van der Waals surface area contributed by atoms with Gasteiger partial charge in [-0.1, -0.05) is 19.9 Å². The van der Waals surface area contributed by atoms with Gasteiger partial charge in [0.05, 0.1) is 5.41 Å². The second kappa shape index (κ2) is 9.04. The maximum atomic E-state index is 12.6. The quantitative estimate of drug-likeness (QED) is 0.825. The molecule has 1 fully saturated rings. The average Bonchev–Trinajstić information content (AvgIpc) is 3.11. The van der Waals surface area contributed by atoms with E-state index in [1.807, 2.05) is 24.8 Å². The molecule has 1 aromatic carbocycles. The smallest absolute Gasteiger partial charge is 0.253 e. The van der Waals surface area contributed by atoms with E-state index in [4.69, 9.17) is 5.73 Å². The molecule has 5 nitrogen and oxygen atoms in total. The third-order valence-electron chi connectivity index (χ3n) is 4.99. The molecule has 1 aliphatic heterocycles. The normalized spacial score (nSPS) is 14.2. The molecule has 1 aliphatic rings. The van der Waals surface area contributed by atoms with Crippen molar-refractivity contribution >= 4 is 29.9 Å². The van der Waals surface area contributed by atoms with Crippen LogP contribution in [-0.2, 0) is 4.79 Å². The van der Waals surface area contributed by atoms with Crippen LogP contribution in [0.3, 0.4) is 0 Å². The summed E-state index contributed by atoms with van der Waals surface area (Å²) in [6.45, 7) is 5.90. The zero-order chi connectivity index (χ0) is 16.9. The van der Waals surface area contributed by atoms with Gasteiger partial charge in [0.15, 0.2) is 0 Å². The molecule has 1 aromatic rings. The van der Waals surface area contributed by atoms with Crippen LogP contribution in [-0.4, -0.2) is 36.3 Å². The second-order valence-electron chi connectivity index (χ2n) is 6.23. The first-order chi connectivity index (χ1) is 11.1. The molecular formula is C18H28ClN3O2. The molecule has 2 rings (SSSR count). The van der Waals surface area contributed by atoms with Crippen molar-refractivity contribution in [3.63, 3.8) is 0 Å². The maximum Gasteiger partial charge on any atom is 0.253 e. The number of nitrogens with one attached hydrogen (secondary N) is 1. The summed E-state index contributed by atoms with van der Waals surface area (Å²) in [6.07, 6.45) is 3.51. The topological polar surface area (TPSA) is 75.4 Å². The number of carbonyl (C=O) groups is 2. The van der Waals surface area contributed by atoms with Crippen LogP contribution in [0.25, 0.3) is 0 Å². The Balaban J connectivity index is 0.00000288. The molecule has 0 aromatic heterocycles. The lowest BCUT2D eigenvalue weighted by Gasteiger charge is -2.28. The Labute approximate surface area is 150 Å². The van der Waals surface area contributed by atoms with Crippen molar-refractivity contribution in [1.29, 1.82) is 0 Å². The Morgan fingerprint density at radius 3 is 2.38 bits per heavy atom. The van der Waals surface area contributed by atoms with Crippen LogP contribution in [0.2, 0.25) is 0 Å². The van der Waals surface area contributed by atoms with Gasteiger partial charge in [0.25, 0.3) is 5.91 Å². The number of nitrogens with zero attached hydrogens (tertiary/aromatic N) is 1. The molecule has 2 amide bonds. The van der Waals surface area contributed by atoms with E-state index < -0.39 is 5.41 Å². The number of carbonyl (C=O) groups excluding carboxylic acids is 2. The Morgan fingerprint density at radius 2 is 1.83 bits per heavy atom. The highest BCUT2D eigenvalue weighted by atomic mass is 35.5. The van der Waals surface area contributed by atoms with E-state index in [9.17, 15) is 9.59 Å². The molecule has 0 radical (unpaired) electrons. The van der Waals surface area contributed by atoms with Gasteiger partial charge in [-0.3, -0.25) is 9.59 Å². The molecular weight excluding hydrogens is 326 g/mol. The minimum absolute atomic E-state index is 0. The highest BCUT2D eigenvalue weighted by molar-refractivity contribution is 5.99. The van der Waals surface area contributed by atoms with E-state index >= 15 is 0 Å². The first-order valence-electron chi connectivity index (χ1n) is 8.47. The third kappa shape index (κ3) is 4.28. The monoisotopic (exact) mass is 353 g/mol. The standard InChI is InChI=1S/C18H27N3O2.ClH/c1-3-18(4-2,13-19)17(23)20-15-9-7-8-14(12-15)16(22)21-10-5-6-11-21;/h7-9,12H,3-6,10-11,13,19H2,1-2H3,(H,20,23);1H. The van der Waals surface area contributed by atoms with Crippen molar-refractivity contribution in [3.05, 3.63) is 29.8 Å². The molecule has 0 aliphatic carbocycles. The van der Waals surface area contributed by atoms with Crippen LogP contribution in [0.5, 0.6) is 0 Å². The lowest BCUT2D eigenvalue weighted by Crippen LogP contribution is -2.41. The van der Waals surface area contributed by atoms with E-state index in [0.717, 1.165) is 25.9 Å². The Morgan fingerprint density at radius 1 is 1.21 bits per heavy atom. The summed E-state index contributed by atoms with van der Waals surface area (Å²) in [7, 11) is 0. The van der Waals surface area contributed by atoms with Gasteiger partial charge in [-0.25, -0.2) is 0 Å². The highest BCUT2D eigenvalue weighted by Crippen LogP contribution is 2.27. The number of anilines is 1. The number of amides is 2. The Hall–Kier alpha value is -1.59. The first-order valence-corrected chi connectivity index (χ1v) is 8.47. The number of rotatable bonds is 6. The fourth-order valence-corrected chi connectivity index (χ4v) is 3.05. The largest absolute Gasteiger partial charge is 0.339 e. The number of likely N-dealkylation sites (tertiary alicyclic amines) is 1. The molecule has 1 saturated heterocycles. The van der Waals surface area contributed by atoms with Crippen LogP contribution in [0.15, 0.2) is 24.3 Å². The minimum Gasteiger partial charge on any atom is -0.339 e. The summed E-state index contributed by atoms with van der Waals surface area (Å²) < 4.78 is 0. The van der Waals surface area contributed by atoms with E-state index in [2.05, 4.69) is 5.32 Å². The van der Waals surface area contributed by atoms with E-state index in [0.29, 0.717) is 30.6 Å². The predicted octanol–water partition coefficient (Wildman–Crippen LogP) is 3.05. The van der Waals surface area contributed by atoms with Crippen LogP contribution in [0, 0.1) is 5.41 Å². The molecule has 3 N–H and O–H groups in total. The lowest BCUT2D eigenvalue weighted by atomic mass is 9.81. The highest BCUT2D eigenvalue weighted by Gasteiger charge is 2.33. The summed E-state index contributed by atoms with van der Waals surface area (Å²) in [5.41, 5.74) is 6.55. The zero-order valence-electron chi connectivity index (χ0n) is 14.5. The number of benzene rings is 1. The van der Waals surface area contributed by atoms with Crippen molar-refractivity contribution < 1.29 is 9.59 Å². The molecule has 0 saturated carbocycles. The van der Waals surface area contributed by atoms with Gasteiger partial charge in [0, 0.05) is 30.9 Å². The van der Waals surface area contributed by atoms with E-state index in [1.54, 1.807) is 18.2 Å². The van der Waals surface area contributed by atoms with Gasteiger partial charge in [-0.05, 0) is 43.9 Å². The van der Waals surface area contributed by atoms with Gasteiger partial charge >= 0.3 is 0 Å². The number of hydrogen-bond acceptors (Lipinski definition) is 3. The van der Waals surface area contributed by atoms with Crippen molar-refractivity contribution in [2.75, 3.05) is 25.0 Å². The number of nitrogens with two attached hydrogens (primary N) is 1. The molecule has 0 atom stereocenters. The van der Waals surface area contributed by atoms with Crippen molar-refractivity contribution in [3.8, 4) is 0 Å². The molecule has 0 spiro atoms. The lowest BCUT2D eigenvalue weighted by molar-refractivity contribution is -0.125. The van der Waals surface area contributed by atoms with Gasteiger partial charge in [-0.2, -0.15) is 0 Å². The van der Waals surface area contributed by atoms with Crippen LogP contribution < -0.4 is 11.1 Å². The van der Waals surface area contributed by atoms with Crippen molar-refractivity contribution in [2.45, 2.75) is 39.5 Å². The molecule has 134 valence electrons. The summed E-state index contributed by atoms with van der Waals surface area (Å²) in [6, 6.07) is 7.17. The predicted molar refractivity (Wildman–Crippen MR) is 99.5 cm³/mol. The maximum absolute atomic E-state index is 12.6. The van der Waals surface area contributed by atoms with Crippen LogP contribution >= 0.6 is 12.4 Å². The van der Waals surface area contributed by atoms with Gasteiger partial charge in [0.2, 0.25) is 5.91 Å². The minimum atomic E-state index is -0.547. The SMILES string of the molecule is CCC(CC)(CN)C(=O)Nc1cccc(C(=O)N2CCCC2)c1.Cl. The summed E-state index contributed by atoms with van der Waals surface area (Å²) in [5.74, 6) is -0.0366. The second-order valence-corrected chi connectivity index (χ2v) is 6.23. The van der Waals surface area contributed by atoms with Crippen molar-refractivity contribution in [1.82, 2.24) is 4.90 Å². The number of hydrogen-bond donors (Lipinski definition) is 2. The van der Waals surface area contributed by atoms with Crippen LogP contribution in [0.4, 0.5) is 5.69 Å². The van der Waals surface area contributed by atoms with E-state index in [-0.39, 0.29) is 24.2 Å². The molecule has 0 bridgehead atoms. The number of halogens is 1. The van der Waals surface area contributed by atoms with Gasteiger partial charge < -0.3 is 16.0 Å². The van der Waals surface area contributed by atoms with Crippen LogP contribution in [0.1, 0.15) is 49.9 Å². The van der Waals surface area contributed by atoms with Gasteiger partial charge in [-0.15, -0.1) is 12.4 Å². The molecule has 6 heteroatoms. The zero-order valence-corrected chi connectivity index (χ0v) is 15.3. The molecule has 0 unspecified atom stereocenters. The summed E-state index contributed by atoms with van der Waals surface area (Å²) >= 11 is 0. The molecule has 1 heterocycles. The van der Waals surface area contributed by atoms with E-state index in [1.165, 1.54) is 0 Å². The summed E-state index contributed by atoms with van der Waals surface area (Å²) in [5, 5.41) is 2.93. The first kappa shape index (κ1) is 20.5.